The van der Waals surface area contributed by atoms with Crippen LogP contribution in [-0.2, 0) is 0 Å². The second-order valence-corrected chi connectivity index (χ2v) is 11.0. The molecule has 1 aliphatic heterocycles. The van der Waals surface area contributed by atoms with Crippen LogP contribution in [0, 0.1) is 16.0 Å². The molecule has 0 radical (unpaired) electrons. The topological polar surface area (TPSA) is 75.8 Å². The maximum atomic E-state index is 13.8. The average Bonchev–Trinajstić information content (AvgIpc) is 3.26. The standard InChI is InChI=1S/C27H20Br2ClN3O3/c28-19-8-4-16(5-9-19)14-18-2-1-3-22-25(18)31-32(26(22)17-6-10-20(29)11-7-17)27(34)23-15-21(33(35)36)12-13-24(23)30/h4-15,22,26H,1-3H2/b18-14-/t22-,26-/m1/s1. The van der Waals surface area contributed by atoms with Gasteiger partial charge in [-0.15, -0.1) is 0 Å². The van der Waals surface area contributed by atoms with E-state index in [0.29, 0.717) is 0 Å². The van der Waals surface area contributed by atoms with Gasteiger partial charge in [-0.1, -0.05) is 67.7 Å². The molecule has 1 fully saturated rings. The lowest BCUT2D eigenvalue weighted by Crippen LogP contribution is -2.32. The van der Waals surface area contributed by atoms with E-state index in [2.05, 4.69) is 37.9 Å². The fourth-order valence-electron chi connectivity index (χ4n) is 4.84. The van der Waals surface area contributed by atoms with Crippen LogP contribution in [0.2, 0.25) is 5.02 Å². The van der Waals surface area contributed by atoms with E-state index in [1.165, 1.54) is 23.2 Å². The van der Waals surface area contributed by atoms with Crippen LogP contribution in [0.4, 0.5) is 5.69 Å². The molecule has 0 spiro atoms. The second kappa shape index (κ2) is 10.3. The summed E-state index contributed by atoms with van der Waals surface area (Å²) in [5, 5.41) is 17.8. The number of benzene rings is 3. The summed E-state index contributed by atoms with van der Waals surface area (Å²) in [5.41, 5.74) is 3.85. The van der Waals surface area contributed by atoms with Crippen LogP contribution in [0.1, 0.15) is 46.8 Å². The first-order valence-corrected chi connectivity index (χ1v) is 13.4. The molecule has 36 heavy (non-hydrogen) atoms. The minimum absolute atomic E-state index is 0.00282. The zero-order chi connectivity index (χ0) is 25.4. The highest BCUT2D eigenvalue weighted by molar-refractivity contribution is 9.10. The Morgan fingerprint density at radius 2 is 1.72 bits per heavy atom. The van der Waals surface area contributed by atoms with Gasteiger partial charge in [0.25, 0.3) is 11.6 Å². The highest BCUT2D eigenvalue weighted by atomic mass is 79.9. The number of hydrazone groups is 1. The molecule has 2 aliphatic rings. The van der Waals surface area contributed by atoms with Crippen LogP contribution in [0.3, 0.4) is 0 Å². The summed E-state index contributed by atoms with van der Waals surface area (Å²) in [6, 6.07) is 19.5. The van der Waals surface area contributed by atoms with E-state index in [-0.39, 0.29) is 28.2 Å². The maximum absolute atomic E-state index is 13.8. The van der Waals surface area contributed by atoms with E-state index < -0.39 is 10.8 Å². The van der Waals surface area contributed by atoms with Crippen LogP contribution < -0.4 is 0 Å². The van der Waals surface area contributed by atoms with Crippen molar-refractivity contribution in [3.05, 3.63) is 113 Å². The molecule has 9 heteroatoms. The number of rotatable bonds is 4. The molecule has 0 N–H and O–H groups in total. The van der Waals surface area contributed by atoms with Gasteiger partial charge in [0.2, 0.25) is 0 Å². The Labute approximate surface area is 230 Å². The Hall–Kier alpha value is -2.81. The van der Waals surface area contributed by atoms with Gasteiger partial charge < -0.3 is 0 Å². The number of nitro groups is 1. The number of nitro benzene ring substituents is 1. The van der Waals surface area contributed by atoms with Gasteiger partial charge in [-0.3, -0.25) is 14.9 Å². The van der Waals surface area contributed by atoms with Crippen molar-refractivity contribution in [3.8, 4) is 0 Å². The van der Waals surface area contributed by atoms with Gasteiger partial charge in [0.1, 0.15) is 0 Å². The molecule has 1 heterocycles. The fraction of sp³-hybridized carbons (Fsp3) is 0.185. The Kier molecular flexibility index (Phi) is 7.10. The van der Waals surface area contributed by atoms with Crippen molar-refractivity contribution in [2.75, 3.05) is 0 Å². The summed E-state index contributed by atoms with van der Waals surface area (Å²) in [5.74, 6) is -0.454. The molecule has 0 aromatic heterocycles. The van der Waals surface area contributed by atoms with Crippen LogP contribution in [-0.4, -0.2) is 21.6 Å². The summed E-state index contributed by atoms with van der Waals surface area (Å²) >= 11 is 13.3. The molecule has 1 saturated carbocycles. The number of allylic oxidation sites excluding steroid dienone is 1. The van der Waals surface area contributed by atoms with Crippen molar-refractivity contribution < 1.29 is 9.72 Å². The number of amides is 1. The lowest BCUT2D eigenvalue weighted by Gasteiger charge is -2.29. The summed E-state index contributed by atoms with van der Waals surface area (Å²) in [6.07, 6.45) is 4.84. The highest BCUT2D eigenvalue weighted by Crippen LogP contribution is 2.45. The highest BCUT2D eigenvalue weighted by Gasteiger charge is 2.44. The molecule has 6 nitrogen and oxygen atoms in total. The van der Waals surface area contributed by atoms with E-state index in [1.54, 1.807) is 0 Å². The van der Waals surface area contributed by atoms with Gasteiger partial charge in [-0.05, 0) is 72.4 Å². The minimum Gasteiger partial charge on any atom is -0.267 e. The Bertz CT molecular complexity index is 1400. The number of carbonyl (C=O) groups is 1. The number of hydrogen-bond acceptors (Lipinski definition) is 4. The minimum atomic E-state index is -0.534. The number of carbonyl (C=O) groups excluding carboxylic acids is 1. The first kappa shape index (κ1) is 24.9. The number of halogens is 3. The van der Waals surface area contributed by atoms with Crippen LogP contribution in [0.25, 0.3) is 6.08 Å². The first-order chi connectivity index (χ1) is 17.3. The van der Waals surface area contributed by atoms with Crippen molar-refractivity contribution in [2.45, 2.75) is 25.3 Å². The fourth-order valence-corrected chi connectivity index (χ4v) is 5.56. The Morgan fingerprint density at radius 3 is 2.39 bits per heavy atom. The third-order valence-corrected chi connectivity index (χ3v) is 7.91. The lowest BCUT2D eigenvalue weighted by molar-refractivity contribution is -0.384. The van der Waals surface area contributed by atoms with E-state index in [0.717, 1.165) is 50.6 Å². The molecule has 1 aliphatic carbocycles. The number of non-ortho nitro benzene ring substituents is 1. The molecule has 182 valence electrons. The first-order valence-electron chi connectivity index (χ1n) is 11.4. The molecule has 1 amide bonds. The molecule has 0 unspecified atom stereocenters. The second-order valence-electron chi connectivity index (χ2n) is 8.77. The van der Waals surface area contributed by atoms with E-state index in [1.807, 2.05) is 48.5 Å². The number of fused-ring (bicyclic) bond motifs is 1. The van der Waals surface area contributed by atoms with E-state index in [4.69, 9.17) is 16.7 Å². The van der Waals surface area contributed by atoms with Crippen LogP contribution in [0.15, 0.2) is 86.3 Å². The molecular weight excluding hydrogens is 610 g/mol. The van der Waals surface area contributed by atoms with Crippen LogP contribution >= 0.6 is 43.5 Å². The average molecular weight is 630 g/mol. The summed E-state index contributed by atoms with van der Waals surface area (Å²) in [4.78, 5) is 24.6. The largest absolute Gasteiger partial charge is 0.276 e. The lowest BCUT2D eigenvalue weighted by atomic mass is 9.77. The number of hydrogen-bond donors (Lipinski definition) is 0. The Balaban J connectivity index is 1.60. The van der Waals surface area contributed by atoms with Gasteiger partial charge in [-0.2, -0.15) is 5.10 Å². The predicted molar refractivity (Wildman–Crippen MR) is 148 cm³/mol. The normalized spacial score (nSPS) is 20.2. The predicted octanol–water partition coefficient (Wildman–Crippen LogP) is 8.21. The zero-order valence-corrected chi connectivity index (χ0v) is 22.8. The smallest absolute Gasteiger partial charge is 0.267 e. The summed E-state index contributed by atoms with van der Waals surface area (Å²) in [6.45, 7) is 0. The summed E-state index contributed by atoms with van der Waals surface area (Å²) < 4.78 is 1.94. The van der Waals surface area contributed by atoms with Gasteiger partial charge in [0, 0.05) is 27.0 Å². The van der Waals surface area contributed by atoms with Gasteiger partial charge >= 0.3 is 0 Å². The van der Waals surface area contributed by atoms with Crippen molar-refractivity contribution in [1.29, 1.82) is 0 Å². The van der Waals surface area contributed by atoms with E-state index >= 15 is 0 Å². The van der Waals surface area contributed by atoms with Crippen molar-refractivity contribution in [1.82, 2.24) is 5.01 Å². The molecule has 0 bridgehead atoms. The van der Waals surface area contributed by atoms with Crippen molar-refractivity contribution >= 4 is 66.8 Å². The van der Waals surface area contributed by atoms with Crippen LogP contribution in [0.5, 0.6) is 0 Å². The van der Waals surface area contributed by atoms with Gasteiger partial charge in [0.05, 0.1) is 27.3 Å². The molecule has 2 atom stereocenters. The monoisotopic (exact) mass is 627 g/mol. The molecule has 0 saturated heterocycles. The number of nitrogens with zero attached hydrogens (tertiary/aromatic N) is 3. The molecule has 3 aromatic carbocycles. The Morgan fingerprint density at radius 1 is 1.06 bits per heavy atom. The maximum Gasteiger partial charge on any atom is 0.276 e. The SMILES string of the molecule is O=C(c1cc([N+](=O)[O-])ccc1Cl)N1N=C2/C(=C\c3ccc(Br)cc3)CCC[C@H]2[C@H]1c1ccc(Br)cc1. The van der Waals surface area contributed by atoms with Gasteiger partial charge in [0.15, 0.2) is 0 Å². The van der Waals surface area contributed by atoms with Crippen molar-refractivity contribution in [2.24, 2.45) is 11.0 Å². The molecular formula is C27H20Br2ClN3O3. The van der Waals surface area contributed by atoms with Crippen molar-refractivity contribution in [3.63, 3.8) is 0 Å². The quantitative estimate of drug-likeness (QED) is 0.216. The molecule has 5 rings (SSSR count). The van der Waals surface area contributed by atoms with E-state index in [9.17, 15) is 14.9 Å². The summed E-state index contributed by atoms with van der Waals surface area (Å²) in [7, 11) is 0. The third-order valence-electron chi connectivity index (χ3n) is 6.52. The third kappa shape index (κ3) is 4.90. The van der Waals surface area contributed by atoms with Gasteiger partial charge in [-0.25, -0.2) is 5.01 Å². The zero-order valence-electron chi connectivity index (χ0n) is 18.9. The molecule has 3 aromatic rings.